The Balaban J connectivity index is 2.34. The Hall–Kier alpha value is -2.69. The number of methoxy groups -OCH3 is 1. The van der Waals surface area contributed by atoms with Gasteiger partial charge in [0.15, 0.2) is 0 Å². The van der Waals surface area contributed by atoms with E-state index in [1.54, 1.807) is 31.4 Å². The first-order valence-corrected chi connectivity index (χ1v) is 6.54. The van der Waals surface area contributed by atoms with Crippen molar-refractivity contribution in [3.05, 3.63) is 48.0 Å². The molecule has 5 heteroatoms. The predicted molar refractivity (Wildman–Crippen MR) is 86.1 cm³/mol. The quantitative estimate of drug-likeness (QED) is 0.847. The number of ether oxygens (including phenoxy) is 1. The van der Waals surface area contributed by atoms with Crippen LogP contribution in [0.15, 0.2) is 42.5 Å². The number of nitrogens with two attached hydrogens (primary N) is 1. The Morgan fingerprint density at radius 1 is 1.19 bits per heavy atom. The molecule has 21 heavy (non-hydrogen) atoms. The summed E-state index contributed by atoms with van der Waals surface area (Å²) < 4.78 is 5.23. The molecule has 0 atom stereocenters. The van der Waals surface area contributed by atoms with Crippen LogP contribution in [-0.2, 0) is 0 Å². The standard InChI is InChI=1S/C16H19N3O2/c1-19(2)14-9-8-11(17)10-12(14)16(20)18-13-6-4-5-7-15(13)21-3/h4-10H,17H2,1-3H3,(H,18,20). The zero-order valence-electron chi connectivity index (χ0n) is 12.4. The van der Waals surface area contributed by atoms with Crippen molar-refractivity contribution in [3.63, 3.8) is 0 Å². The molecule has 0 unspecified atom stereocenters. The van der Waals surface area contributed by atoms with E-state index in [4.69, 9.17) is 10.5 Å². The molecule has 0 aliphatic carbocycles. The fourth-order valence-electron chi connectivity index (χ4n) is 2.06. The number of nitrogens with zero attached hydrogens (tertiary/aromatic N) is 1. The van der Waals surface area contributed by atoms with Crippen LogP contribution in [0.1, 0.15) is 10.4 Å². The second-order valence-electron chi connectivity index (χ2n) is 4.83. The molecular formula is C16H19N3O2. The topological polar surface area (TPSA) is 67.6 Å². The van der Waals surface area contributed by atoms with Crippen LogP contribution in [0, 0.1) is 0 Å². The van der Waals surface area contributed by atoms with Crippen LogP contribution >= 0.6 is 0 Å². The van der Waals surface area contributed by atoms with Gasteiger partial charge in [0.2, 0.25) is 0 Å². The van der Waals surface area contributed by atoms with E-state index in [1.165, 1.54) is 0 Å². The monoisotopic (exact) mass is 285 g/mol. The van der Waals surface area contributed by atoms with Crippen LogP contribution in [0.25, 0.3) is 0 Å². The third-order valence-electron chi connectivity index (χ3n) is 3.10. The van der Waals surface area contributed by atoms with E-state index in [0.717, 1.165) is 5.69 Å². The number of nitrogen functional groups attached to an aromatic ring is 1. The summed E-state index contributed by atoms with van der Waals surface area (Å²) in [6.45, 7) is 0. The molecule has 0 saturated heterocycles. The molecule has 0 aromatic heterocycles. The molecule has 0 bridgehead atoms. The molecular weight excluding hydrogens is 266 g/mol. The minimum absolute atomic E-state index is 0.226. The largest absolute Gasteiger partial charge is 0.495 e. The number of amides is 1. The summed E-state index contributed by atoms with van der Waals surface area (Å²) in [4.78, 5) is 14.4. The van der Waals surface area contributed by atoms with Gasteiger partial charge in [-0.05, 0) is 30.3 Å². The van der Waals surface area contributed by atoms with E-state index in [9.17, 15) is 4.79 Å². The number of carbonyl (C=O) groups is 1. The van der Waals surface area contributed by atoms with Gasteiger partial charge in [0.1, 0.15) is 5.75 Å². The van der Waals surface area contributed by atoms with Crippen LogP contribution in [0.5, 0.6) is 5.75 Å². The van der Waals surface area contributed by atoms with E-state index in [2.05, 4.69) is 5.32 Å². The Morgan fingerprint density at radius 3 is 2.57 bits per heavy atom. The number of anilines is 3. The van der Waals surface area contributed by atoms with Gasteiger partial charge in [0.25, 0.3) is 5.91 Å². The highest BCUT2D eigenvalue weighted by Gasteiger charge is 2.15. The Kier molecular flexibility index (Phi) is 4.33. The Morgan fingerprint density at radius 2 is 1.90 bits per heavy atom. The average molecular weight is 285 g/mol. The summed E-state index contributed by atoms with van der Waals surface area (Å²) in [5, 5.41) is 2.85. The fraction of sp³-hybridized carbons (Fsp3) is 0.188. The van der Waals surface area contributed by atoms with E-state index in [-0.39, 0.29) is 5.91 Å². The maximum atomic E-state index is 12.5. The van der Waals surface area contributed by atoms with E-state index < -0.39 is 0 Å². The third-order valence-corrected chi connectivity index (χ3v) is 3.10. The van der Waals surface area contributed by atoms with Crippen molar-refractivity contribution in [1.29, 1.82) is 0 Å². The van der Waals surface area contributed by atoms with Crippen molar-refractivity contribution >= 4 is 23.0 Å². The van der Waals surface area contributed by atoms with Crippen molar-refractivity contribution in [3.8, 4) is 5.75 Å². The summed E-state index contributed by atoms with van der Waals surface area (Å²) in [7, 11) is 5.33. The number of rotatable bonds is 4. The summed E-state index contributed by atoms with van der Waals surface area (Å²) in [5.41, 5.74) is 8.28. The minimum Gasteiger partial charge on any atom is -0.495 e. The smallest absolute Gasteiger partial charge is 0.257 e. The molecule has 3 N–H and O–H groups in total. The average Bonchev–Trinajstić information content (AvgIpc) is 2.47. The van der Waals surface area contributed by atoms with Crippen molar-refractivity contribution < 1.29 is 9.53 Å². The number of para-hydroxylation sites is 2. The van der Waals surface area contributed by atoms with Crippen molar-refractivity contribution in [2.24, 2.45) is 0 Å². The lowest BCUT2D eigenvalue weighted by molar-refractivity contribution is 0.102. The van der Waals surface area contributed by atoms with Gasteiger partial charge in [0, 0.05) is 25.5 Å². The van der Waals surface area contributed by atoms with Gasteiger partial charge in [0.05, 0.1) is 18.4 Å². The molecule has 0 fully saturated rings. The summed E-state index contributed by atoms with van der Waals surface area (Å²) in [6.07, 6.45) is 0. The molecule has 1 amide bonds. The lowest BCUT2D eigenvalue weighted by Crippen LogP contribution is -2.19. The molecule has 0 radical (unpaired) electrons. The molecule has 5 nitrogen and oxygen atoms in total. The first-order chi connectivity index (χ1) is 10.0. The van der Waals surface area contributed by atoms with Gasteiger partial charge < -0.3 is 20.7 Å². The summed E-state index contributed by atoms with van der Waals surface area (Å²) in [5.74, 6) is 0.386. The van der Waals surface area contributed by atoms with Crippen LogP contribution in [-0.4, -0.2) is 27.1 Å². The van der Waals surface area contributed by atoms with Gasteiger partial charge in [-0.1, -0.05) is 12.1 Å². The third kappa shape index (κ3) is 3.25. The highest BCUT2D eigenvalue weighted by Crippen LogP contribution is 2.26. The molecule has 110 valence electrons. The first kappa shape index (κ1) is 14.7. The zero-order chi connectivity index (χ0) is 15.4. The lowest BCUT2D eigenvalue weighted by atomic mass is 10.1. The summed E-state index contributed by atoms with van der Waals surface area (Å²) >= 11 is 0. The molecule has 2 rings (SSSR count). The fourth-order valence-corrected chi connectivity index (χ4v) is 2.06. The molecule has 2 aromatic carbocycles. The highest BCUT2D eigenvalue weighted by molar-refractivity contribution is 6.09. The van der Waals surface area contributed by atoms with Crippen LogP contribution in [0.4, 0.5) is 17.1 Å². The molecule has 0 saturated carbocycles. The normalized spacial score (nSPS) is 10.0. The number of hydrogen-bond acceptors (Lipinski definition) is 4. The Labute approximate surface area is 124 Å². The minimum atomic E-state index is -0.226. The molecule has 0 aliphatic rings. The van der Waals surface area contributed by atoms with Gasteiger partial charge in [-0.15, -0.1) is 0 Å². The predicted octanol–water partition coefficient (Wildman–Crippen LogP) is 2.60. The van der Waals surface area contributed by atoms with E-state index in [1.807, 2.05) is 37.2 Å². The number of benzene rings is 2. The lowest BCUT2D eigenvalue weighted by Gasteiger charge is -2.18. The van der Waals surface area contributed by atoms with E-state index in [0.29, 0.717) is 22.7 Å². The SMILES string of the molecule is COc1ccccc1NC(=O)c1cc(N)ccc1N(C)C. The molecule has 0 spiro atoms. The highest BCUT2D eigenvalue weighted by atomic mass is 16.5. The maximum Gasteiger partial charge on any atom is 0.257 e. The van der Waals surface area contributed by atoms with Crippen molar-refractivity contribution in [2.45, 2.75) is 0 Å². The second-order valence-corrected chi connectivity index (χ2v) is 4.83. The van der Waals surface area contributed by atoms with Gasteiger partial charge in [-0.2, -0.15) is 0 Å². The maximum absolute atomic E-state index is 12.5. The van der Waals surface area contributed by atoms with Gasteiger partial charge >= 0.3 is 0 Å². The number of nitrogens with one attached hydrogen (secondary N) is 1. The molecule has 0 heterocycles. The summed E-state index contributed by atoms with van der Waals surface area (Å²) in [6, 6.07) is 12.5. The second kappa shape index (κ2) is 6.17. The van der Waals surface area contributed by atoms with E-state index >= 15 is 0 Å². The van der Waals surface area contributed by atoms with Crippen LogP contribution < -0.4 is 20.7 Å². The Bertz CT molecular complexity index is 654. The van der Waals surface area contributed by atoms with Crippen LogP contribution in [0.3, 0.4) is 0 Å². The van der Waals surface area contributed by atoms with Crippen molar-refractivity contribution in [2.75, 3.05) is 37.2 Å². The van der Waals surface area contributed by atoms with Crippen molar-refractivity contribution in [1.82, 2.24) is 0 Å². The zero-order valence-corrected chi connectivity index (χ0v) is 12.4. The van der Waals surface area contributed by atoms with Gasteiger partial charge in [-0.3, -0.25) is 4.79 Å². The number of carbonyl (C=O) groups excluding carboxylic acids is 1. The number of hydrogen-bond donors (Lipinski definition) is 2. The molecule has 2 aromatic rings. The molecule has 0 aliphatic heterocycles. The first-order valence-electron chi connectivity index (χ1n) is 6.54. The van der Waals surface area contributed by atoms with Gasteiger partial charge in [-0.25, -0.2) is 0 Å². The van der Waals surface area contributed by atoms with Crippen LogP contribution in [0.2, 0.25) is 0 Å².